The van der Waals surface area contributed by atoms with Gasteiger partial charge in [-0.05, 0) is 30.7 Å². The minimum atomic E-state index is 0.202. The number of pyridine rings is 1. The Labute approximate surface area is 133 Å². The summed E-state index contributed by atoms with van der Waals surface area (Å²) < 4.78 is 5.21. The Morgan fingerprint density at radius 1 is 1.22 bits per heavy atom. The molecule has 1 heterocycles. The Bertz CT molecular complexity index is 929. The van der Waals surface area contributed by atoms with Crippen LogP contribution >= 0.6 is 0 Å². The highest BCUT2D eigenvalue weighted by atomic mass is 16.5. The molecule has 0 spiro atoms. The van der Waals surface area contributed by atoms with E-state index < -0.39 is 0 Å². The molecule has 3 rings (SSSR count). The number of nitrogens with zero attached hydrogens (tertiary/aromatic N) is 2. The number of ether oxygens (including phenoxy) is 1. The van der Waals surface area contributed by atoms with Gasteiger partial charge in [0.05, 0.1) is 23.9 Å². The summed E-state index contributed by atoms with van der Waals surface area (Å²) in [7, 11) is 1.60. The lowest BCUT2D eigenvalue weighted by Crippen LogP contribution is -1.97. The maximum atomic E-state index is 9.85. The quantitative estimate of drug-likeness (QED) is 0.768. The molecule has 0 unspecified atom stereocenters. The number of methoxy groups -OCH3 is 1. The first kappa shape index (κ1) is 14.7. The second-order valence-electron chi connectivity index (χ2n) is 5.17. The summed E-state index contributed by atoms with van der Waals surface area (Å²) in [5, 5.41) is 23.2. The number of aromatic hydroxyl groups is 1. The molecule has 2 aromatic carbocycles. The number of benzene rings is 2. The average molecular weight is 305 g/mol. The number of aromatic nitrogens is 1. The van der Waals surface area contributed by atoms with Gasteiger partial charge < -0.3 is 15.2 Å². The number of phenolic OH excluding ortho intramolecular Hbond substituents is 1. The van der Waals surface area contributed by atoms with E-state index in [-0.39, 0.29) is 5.75 Å². The first-order valence-corrected chi connectivity index (χ1v) is 7.06. The molecule has 5 nitrogen and oxygen atoms in total. The minimum absolute atomic E-state index is 0.202. The first-order valence-electron chi connectivity index (χ1n) is 7.06. The van der Waals surface area contributed by atoms with Crippen molar-refractivity contribution in [2.45, 2.75) is 6.92 Å². The molecule has 0 saturated carbocycles. The predicted octanol–water partition coefficient (Wildman–Crippen LogP) is 3.87. The highest BCUT2D eigenvalue weighted by molar-refractivity contribution is 5.96. The predicted molar refractivity (Wildman–Crippen MR) is 89.1 cm³/mol. The first-order chi connectivity index (χ1) is 11.1. The fourth-order valence-electron chi connectivity index (χ4n) is 2.35. The molecule has 23 heavy (non-hydrogen) atoms. The highest BCUT2D eigenvalue weighted by Gasteiger charge is 2.11. The van der Waals surface area contributed by atoms with E-state index in [0.29, 0.717) is 22.7 Å². The van der Waals surface area contributed by atoms with E-state index in [0.717, 1.165) is 16.5 Å². The van der Waals surface area contributed by atoms with Crippen LogP contribution in [0.25, 0.3) is 10.9 Å². The molecule has 0 aliphatic carbocycles. The van der Waals surface area contributed by atoms with Gasteiger partial charge in [-0.3, -0.25) is 4.98 Å². The van der Waals surface area contributed by atoms with E-state index in [1.54, 1.807) is 13.2 Å². The average Bonchev–Trinajstić information content (AvgIpc) is 2.58. The number of rotatable bonds is 3. The van der Waals surface area contributed by atoms with Crippen LogP contribution in [-0.2, 0) is 0 Å². The van der Waals surface area contributed by atoms with E-state index in [2.05, 4.69) is 16.4 Å². The molecule has 0 atom stereocenters. The summed E-state index contributed by atoms with van der Waals surface area (Å²) in [6, 6.07) is 12.9. The van der Waals surface area contributed by atoms with Gasteiger partial charge in [0.2, 0.25) is 0 Å². The summed E-state index contributed by atoms with van der Waals surface area (Å²) in [6.45, 7) is 1.83. The number of hydrogen-bond donors (Lipinski definition) is 2. The topological polar surface area (TPSA) is 78.2 Å². The van der Waals surface area contributed by atoms with Crippen molar-refractivity contribution >= 4 is 22.3 Å². The number of hydrogen-bond acceptors (Lipinski definition) is 5. The van der Waals surface area contributed by atoms with Gasteiger partial charge in [-0.1, -0.05) is 6.07 Å². The van der Waals surface area contributed by atoms with Gasteiger partial charge in [0.25, 0.3) is 0 Å². The second-order valence-corrected chi connectivity index (χ2v) is 5.17. The summed E-state index contributed by atoms with van der Waals surface area (Å²) in [6.07, 6.45) is 1.53. The van der Waals surface area contributed by atoms with Crippen LogP contribution in [0, 0.1) is 18.3 Å². The third-order valence-electron chi connectivity index (χ3n) is 3.68. The van der Waals surface area contributed by atoms with Gasteiger partial charge >= 0.3 is 0 Å². The molecule has 0 saturated heterocycles. The van der Waals surface area contributed by atoms with Gasteiger partial charge in [-0.15, -0.1) is 0 Å². The Morgan fingerprint density at radius 2 is 2.04 bits per heavy atom. The van der Waals surface area contributed by atoms with Crippen LogP contribution in [-0.4, -0.2) is 17.2 Å². The fraction of sp³-hybridized carbons (Fsp3) is 0.111. The zero-order chi connectivity index (χ0) is 16.4. The zero-order valence-electron chi connectivity index (χ0n) is 12.8. The lowest BCUT2D eigenvalue weighted by Gasteiger charge is -2.13. The lowest BCUT2D eigenvalue weighted by atomic mass is 10.1. The van der Waals surface area contributed by atoms with E-state index in [1.165, 1.54) is 6.20 Å². The van der Waals surface area contributed by atoms with Crippen LogP contribution in [0.2, 0.25) is 0 Å². The minimum Gasteiger partial charge on any atom is -0.508 e. The molecule has 0 bridgehead atoms. The largest absolute Gasteiger partial charge is 0.508 e. The third kappa shape index (κ3) is 2.74. The van der Waals surface area contributed by atoms with Crippen molar-refractivity contribution in [3.05, 3.63) is 53.7 Å². The number of anilines is 2. The summed E-state index contributed by atoms with van der Waals surface area (Å²) in [5.41, 5.74) is 3.31. The maximum absolute atomic E-state index is 9.85. The monoisotopic (exact) mass is 305 g/mol. The molecule has 5 heteroatoms. The molecule has 0 amide bonds. The molecular formula is C18H15N3O2. The molecule has 0 radical (unpaired) electrons. The Hall–Kier alpha value is -3.26. The van der Waals surface area contributed by atoms with Crippen molar-refractivity contribution in [2.75, 3.05) is 12.4 Å². The van der Waals surface area contributed by atoms with Gasteiger partial charge in [-0.2, -0.15) is 5.26 Å². The number of fused-ring (bicyclic) bond motifs is 1. The maximum Gasteiger partial charge on any atom is 0.121 e. The molecule has 0 fully saturated rings. The van der Waals surface area contributed by atoms with Crippen LogP contribution < -0.4 is 10.1 Å². The van der Waals surface area contributed by atoms with Gasteiger partial charge in [0.15, 0.2) is 0 Å². The molecule has 1 aromatic heterocycles. The van der Waals surface area contributed by atoms with Crippen molar-refractivity contribution in [3.63, 3.8) is 0 Å². The smallest absolute Gasteiger partial charge is 0.121 e. The zero-order valence-corrected chi connectivity index (χ0v) is 12.8. The standard InChI is InChI=1S/C18H15N3O2/c1-11-3-4-13(7-17(11)22)21-18-12(9-19)10-20-16-8-14(23-2)5-6-15(16)18/h3-8,10,22H,1-2H3,(H,20,21). The normalized spacial score (nSPS) is 10.3. The summed E-state index contributed by atoms with van der Waals surface area (Å²) >= 11 is 0. The van der Waals surface area contributed by atoms with Crippen LogP contribution in [0.4, 0.5) is 11.4 Å². The molecular weight excluding hydrogens is 290 g/mol. The van der Waals surface area contributed by atoms with Crippen molar-refractivity contribution in [1.82, 2.24) is 4.98 Å². The Balaban J connectivity index is 2.14. The molecule has 114 valence electrons. The Morgan fingerprint density at radius 3 is 2.74 bits per heavy atom. The van der Waals surface area contributed by atoms with E-state index in [4.69, 9.17) is 4.74 Å². The molecule has 2 N–H and O–H groups in total. The van der Waals surface area contributed by atoms with Crippen LogP contribution in [0.5, 0.6) is 11.5 Å². The van der Waals surface area contributed by atoms with Crippen molar-refractivity contribution in [3.8, 4) is 17.6 Å². The van der Waals surface area contributed by atoms with Crippen molar-refractivity contribution in [2.24, 2.45) is 0 Å². The fourth-order valence-corrected chi connectivity index (χ4v) is 2.35. The highest BCUT2D eigenvalue weighted by Crippen LogP contribution is 2.32. The van der Waals surface area contributed by atoms with Crippen molar-refractivity contribution < 1.29 is 9.84 Å². The van der Waals surface area contributed by atoms with Crippen LogP contribution in [0.3, 0.4) is 0 Å². The van der Waals surface area contributed by atoms with Crippen LogP contribution in [0.15, 0.2) is 42.6 Å². The number of nitrogens with one attached hydrogen (secondary N) is 1. The number of phenols is 1. The Kier molecular flexibility index (Phi) is 3.73. The molecule has 0 aliphatic rings. The summed E-state index contributed by atoms with van der Waals surface area (Å²) in [4.78, 5) is 4.30. The SMILES string of the molecule is COc1ccc2c(Nc3ccc(C)c(O)c3)c(C#N)cnc2c1. The lowest BCUT2D eigenvalue weighted by molar-refractivity contribution is 0.415. The molecule has 0 aliphatic heterocycles. The van der Waals surface area contributed by atoms with E-state index in [1.807, 2.05) is 37.3 Å². The second kappa shape index (κ2) is 5.85. The van der Waals surface area contributed by atoms with E-state index in [9.17, 15) is 10.4 Å². The van der Waals surface area contributed by atoms with Crippen molar-refractivity contribution in [1.29, 1.82) is 5.26 Å². The molecule has 3 aromatic rings. The van der Waals surface area contributed by atoms with Gasteiger partial charge in [0, 0.05) is 29.4 Å². The van der Waals surface area contributed by atoms with Gasteiger partial charge in [-0.25, -0.2) is 0 Å². The number of nitriles is 1. The van der Waals surface area contributed by atoms with Gasteiger partial charge in [0.1, 0.15) is 17.6 Å². The van der Waals surface area contributed by atoms with Crippen LogP contribution in [0.1, 0.15) is 11.1 Å². The summed E-state index contributed by atoms with van der Waals surface area (Å²) in [5.74, 6) is 0.905. The number of aryl methyl sites for hydroxylation is 1. The van der Waals surface area contributed by atoms with E-state index >= 15 is 0 Å². The third-order valence-corrected chi connectivity index (χ3v) is 3.68.